The van der Waals surface area contributed by atoms with Crippen molar-refractivity contribution in [2.45, 2.75) is 105 Å². The second-order valence-corrected chi connectivity index (χ2v) is 14.0. The molecule has 0 amide bonds. The number of hydrogen-bond acceptors (Lipinski definition) is 7. The number of Topliss-reactive ketones (excluding diaryl/α,β-unsaturated/α-hetero) is 3. The van der Waals surface area contributed by atoms with E-state index in [0.29, 0.717) is 24.0 Å². The Balaban J connectivity index is 1.79. The van der Waals surface area contributed by atoms with Crippen LogP contribution in [0.2, 0.25) is 0 Å². The van der Waals surface area contributed by atoms with E-state index in [1.54, 1.807) is 13.8 Å². The van der Waals surface area contributed by atoms with Gasteiger partial charge >= 0.3 is 5.97 Å². The number of carboxylic acids is 1. The Morgan fingerprint density at radius 3 is 2.13 bits per heavy atom. The largest absolute Gasteiger partial charge is 0.481 e. The van der Waals surface area contributed by atoms with E-state index in [1.807, 2.05) is 27.7 Å². The van der Waals surface area contributed by atoms with Crippen LogP contribution in [0.5, 0.6) is 0 Å². The molecule has 8 heteroatoms. The molecule has 0 spiro atoms. The highest BCUT2D eigenvalue weighted by atomic mass is 16.4. The van der Waals surface area contributed by atoms with E-state index >= 15 is 0 Å². The third-order valence-corrected chi connectivity index (χ3v) is 11.8. The van der Waals surface area contributed by atoms with Crippen LogP contribution in [0.3, 0.4) is 0 Å². The highest BCUT2D eigenvalue weighted by molar-refractivity contribution is 6.13. The molecule has 2 saturated carbocycles. The number of aliphatic carboxylic acids is 1. The lowest BCUT2D eigenvalue weighted by Gasteiger charge is -2.61. The predicted molar refractivity (Wildman–Crippen MR) is 139 cm³/mol. The van der Waals surface area contributed by atoms with Gasteiger partial charge in [-0.1, -0.05) is 48.5 Å². The maximum Gasteiger partial charge on any atom is 0.306 e. The van der Waals surface area contributed by atoms with E-state index in [-0.39, 0.29) is 49.1 Å². The normalized spacial score (nSPS) is 43.7. The van der Waals surface area contributed by atoms with Crippen LogP contribution in [0.25, 0.3) is 0 Å². The molecule has 0 aromatic carbocycles. The Morgan fingerprint density at radius 1 is 0.947 bits per heavy atom. The first-order chi connectivity index (χ1) is 17.4. The van der Waals surface area contributed by atoms with Crippen molar-refractivity contribution in [3.05, 3.63) is 11.1 Å². The predicted octanol–water partition coefficient (Wildman–Crippen LogP) is 3.10. The Bertz CT molecular complexity index is 1110. The second-order valence-electron chi connectivity index (χ2n) is 14.0. The number of carboxylic acid groups (broad SMARTS) is 1. The number of ketones is 3. The second kappa shape index (κ2) is 9.07. The summed E-state index contributed by atoms with van der Waals surface area (Å²) in [5.41, 5.74) is -3.06. The number of aliphatic hydroxyl groups is 3. The van der Waals surface area contributed by atoms with Crippen molar-refractivity contribution in [2.75, 3.05) is 0 Å². The van der Waals surface area contributed by atoms with Gasteiger partial charge in [0, 0.05) is 46.7 Å². The highest BCUT2D eigenvalue weighted by Crippen LogP contribution is 2.71. The lowest BCUT2D eigenvalue weighted by molar-refractivity contribution is -0.160. The molecule has 0 heterocycles. The summed E-state index contributed by atoms with van der Waals surface area (Å²) in [6.07, 6.45) is -1.78. The standard InChI is InChI=1S/C30H44O8/c1-14(10-16(31)11-15(2)26(37)38)17-12-21(34)30(7)22-18(32)13-19-27(3,4)20(33)8-9-28(19,5)23(22)24(35)25(36)29(17,30)6/h14-15,17,19-21,25,33-34,36H,8-13H2,1-7H3,(H,37,38)/t14-,15+,17-,19+,20?,21-,25-,28+,29+,30+/m1/s1. The first kappa shape index (κ1) is 29.1. The van der Waals surface area contributed by atoms with E-state index < -0.39 is 63.6 Å². The Labute approximate surface area is 224 Å². The van der Waals surface area contributed by atoms with Crippen LogP contribution in [-0.2, 0) is 19.2 Å². The maximum atomic E-state index is 14.1. The summed E-state index contributed by atoms with van der Waals surface area (Å²) in [5, 5.41) is 43.3. The molecule has 0 aromatic heterocycles. The zero-order chi connectivity index (χ0) is 28.7. The van der Waals surface area contributed by atoms with Gasteiger partial charge in [0.25, 0.3) is 0 Å². The Morgan fingerprint density at radius 2 is 1.55 bits per heavy atom. The van der Waals surface area contributed by atoms with Crippen LogP contribution in [0.1, 0.15) is 87.0 Å². The number of hydrogen-bond donors (Lipinski definition) is 4. The van der Waals surface area contributed by atoms with Gasteiger partial charge in [0.15, 0.2) is 11.6 Å². The lowest BCUT2D eigenvalue weighted by Crippen LogP contribution is -2.64. The Kier molecular flexibility index (Phi) is 6.94. The molecule has 4 rings (SSSR count). The quantitative estimate of drug-likeness (QED) is 0.408. The molecule has 10 atom stereocenters. The molecular formula is C30H44O8. The van der Waals surface area contributed by atoms with Gasteiger partial charge in [0.05, 0.1) is 18.1 Å². The first-order valence-electron chi connectivity index (χ1n) is 14.0. The molecule has 0 aliphatic heterocycles. The molecule has 0 aromatic rings. The SMILES string of the molecule is C[C@H](CC(=O)C[C@H](C)C(=O)O)[C@H]1C[C@@H](O)[C@@]2(C)C3=C(C(=O)[C@@H](O)[C@]12C)[C@@]1(C)CCC(O)C(C)(C)[C@@H]1CC3=O. The van der Waals surface area contributed by atoms with Crippen LogP contribution >= 0.6 is 0 Å². The van der Waals surface area contributed by atoms with E-state index in [0.717, 1.165) is 0 Å². The van der Waals surface area contributed by atoms with Crippen LogP contribution in [0, 0.1) is 45.3 Å². The van der Waals surface area contributed by atoms with E-state index in [1.165, 1.54) is 6.92 Å². The third-order valence-electron chi connectivity index (χ3n) is 11.8. The minimum absolute atomic E-state index is 0.0628. The molecule has 4 aliphatic carbocycles. The molecule has 0 saturated heterocycles. The van der Waals surface area contributed by atoms with E-state index in [9.17, 15) is 39.6 Å². The first-order valence-corrected chi connectivity index (χ1v) is 14.0. The Hall–Kier alpha value is -1.90. The van der Waals surface area contributed by atoms with Crippen molar-refractivity contribution in [3.63, 3.8) is 0 Å². The molecule has 38 heavy (non-hydrogen) atoms. The summed E-state index contributed by atoms with van der Waals surface area (Å²) in [6.45, 7) is 12.7. The van der Waals surface area contributed by atoms with Crippen LogP contribution < -0.4 is 0 Å². The van der Waals surface area contributed by atoms with Gasteiger partial charge in [-0.2, -0.15) is 0 Å². The van der Waals surface area contributed by atoms with E-state index in [2.05, 4.69) is 0 Å². The van der Waals surface area contributed by atoms with Crippen molar-refractivity contribution in [3.8, 4) is 0 Å². The molecule has 4 N–H and O–H groups in total. The molecule has 0 bridgehead atoms. The summed E-state index contributed by atoms with van der Waals surface area (Å²) < 4.78 is 0. The van der Waals surface area contributed by atoms with Crippen molar-refractivity contribution in [1.82, 2.24) is 0 Å². The van der Waals surface area contributed by atoms with Crippen molar-refractivity contribution in [1.29, 1.82) is 0 Å². The highest BCUT2D eigenvalue weighted by Gasteiger charge is 2.73. The molecular weight excluding hydrogens is 488 g/mol. The minimum Gasteiger partial charge on any atom is -0.481 e. The van der Waals surface area contributed by atoms with Crippen LogP contribution in [-0.4, -0.2) is 62.1 Å². The fourth-order valence-electron chi connectivity index (χ4n) is 9.12. The molecule has 212 valence electrons. The van der Waals surface area contributed by atoms with Crippen molar-refractivity contribution in [2.24, 2.45) is 45.3 Å². The van der Waals surface area contributed by atoms with Gasteiger partial charge in [0.2, 0.25) is 0 Å². The molecule has 1 unspecified atom stereocenters. The monoisotopic (exact) mass is 532 g/mol. The fourth-order valence-corrected chi connectivity index (χ4v) is 9.12. The van der Waals surface area contributed by atoms with Crippen LogP contribution in [0.15, 0.2) is 11.1 Å². The number of fused-ring (bicyclic) bond motifs is 4. The number of rotatable bonds is 6. The minimum atomic E-state index is -1.47. The molecule has 4 aliphatic rings. The summed E-state index contributed by atoms with van der Waals surface area (Å²) >= 11 is 0. The summed E-state index contributed by atoms with van der Waals surface area (Å²) in [6, 6.07) is 0. The van der Waals surface area contributed by atoms with Crippen molar-refractivity contribution < 1.29 is 39.6 Å². The van der Waals surface area contributed by atoms with E-state index in [4.69, 9.17) is 0 Å². The summed E-state index contributed by atoms with van der Waals surface area (Å²) in [4.78, 5) is 52.0. The van der Waals surface area contributed by atoms with Gasteiger partial charge in [-0.3, -0.25) is 19.2 Å². The van der Waals surface area contributed by atoms with Gasteiger partial charge in [0.1, 0.15) is 11.9 Å². The zero-order valence-corrected chi connectivity index (χ0v) is 23.7. The maximum absolute atomic E-state index is 14.1. The fraction of sp³-hybridized carbons (Fsp3) is 0.800. The summed E-state index contributed by atoms with van der Waals surface area (Å²) in [5.74, 6) is -3.84. The molecule has 0 radical (unpaired) electrons. The van der Waals surface area contributed by atoms with Crippen LogP contribution in [0.4, 0.5) is 0 Å². The molecule has 8 nitrogen and oxygen atoms in total. The third kappa shape index (κ3) is 3.66. The average Bonchev–Trinajstić information content (AvgIpc) is 3.03. The summed E-state index contributed by atoms with van der Waals surface area (Å²) in [7, 11) is 0. The van der Waals surface area contributed by atoms with Crippen molar-refractivity contribution >= 4 is 23.3 Å². The molecule has 2 fully saturated rings. The zero-order valence-electron chi connectivity index (χ0n) is 23.7. The average molecular weight is 533 g/mol. The number of carbonyl (C=O) groups excluding carboxylic acids is 3. The topological polar surface area (TPSA) is 149 Å². The smallest absolute Gasteiger partial charge is 0.306 e. The van der Waals surface area contributed by atoms with Gasteiger partial charge < -0.3 is 20.4 Å². The van der Waals surface area contributed by atoms with Gasteiger partial charge in [-0.05, 0) is 42.4 Å². The number of carbonyl (C=O) groups is 4. The van der Waals surface area contributed by atoms with Gasteiger partial charge in [-0.15, -0.1) is 0 Å². The van der Waals surface area contributed by atoms with Gasteiger partial charge in [-0.25, -0.2) is 0 Å². The lowest BCUT2D eigenvalue weighted by atomic mass is 9.42. The number of aliphatic hydroxyl groups excluding tert-OH is 3.